The van der Waals surface area contributed by atoms with Crippen LogP contribution in [0.3, 0.4) is 0 Å². The van der Waals surface area contributed by atoms with Crippen molar-refractivity contribution in [2.45, 2.75) is 51.7 Å². The quantitative estimate of drug-likeness (QED) is 0.533. The third-order valence-electron chi connectivity index (χ3n) is 5.69. The van der Waals surface area contributed by atoms with Crippen LogP contribution >= 0.6 is 11.6 Å². The lowest BCUT2D eigenvalue weighted by Crippen LogP contribution is -2.34. The molecule has 1 aliphatic carbocycles. The lowest BCUT2D eigenvalue weighted by Gasteiger charge is -2.26. The summed E-state index contributed by atoms with van der Waals surface area (Å²) in [6, 6.07) is 3.37. The molecular weight excluding hydrogens is 468 g/mol. The van der Waals surface area contributed by atoms with Crippen LogP contribution in [0.1, 0.15) is 61.3 Å². The Hall–Kier alpha value is -2.96. The van der Waals surface area contributed by atoms with Crippen molar-refractivity contribution in [1.29, 1.82) is 0 Å². The fourth-order valence-corrected chi connectivity index (χ4v) is 4.08. The monoisotopic (exact) mass is 493 g/mol. The van der Waals surface area contributed by atoms with Gasteiger partial charge in [0.15, 0.2) is 11.6 Å². The van der Waals surface area contributed by atoms with E-state index < -0.39 is 29.1 Å². The number of aromatic nitrogens is 2. The summed E-state index contributed by atoms with van der Waals surface area (Å²) < 4.78 is 28.4. The first kappa shape index (κ1) is 25.7. The molecule has 2 aromatic rings. The van der Waals surface area contributed by atoms with Gasteiger partial charge in [-0.05, 0) is 80.7 Å². The van der Waals surface area contributed by atoms with Crippen molar-refractivity contribution in [3.63, 3.8) is 0 Å². The van der Waals surface area contributed by atoms with Crippen LogP contribution in [0, 0.1) is 35.3 Å². The van der Waals surface area contributed by atoms with Gasteiger partial charge >= 0.3 is 5.97 Å². The van der Waals surface area contributed by atoms with E-state index in [1.54, 1.807) is 0 Å². The van der Waals surface area contributed by atoms with Crippen molar-refractivity contribution in [3.8, 4) is 11.8 Å². The predicted molar refractivity (Wildman–Crippen MR) is 121 cm³/mol. The average Bonchev–Trinajstić information content (AvgIpc) is 3.08. The minimum atomic E-state index is -1.34. The number of nitrogens with zero attached hydrogens (tertiary/aromatic N) is 2. The van der Waals surface area contributed by atoms with Gasteiger partial charge in [-0.3, -0.25) is 9.59 Å². The zero-order chi connectivity index (χ0) is 25.0. The molecule has 0 aliphatic heterocycles. The highest BCUT2D eigenvalue weighted by Crippen LogP contribution is 2.28. The summed E-state index contributed by atoms with van der Waals surface area (Å²) in [5, 5.41) is 21.9. The molecule has 0 bridgehead atoms. The van der Waals surface area contributed by atoms with Crippen molar-refractivity contribution < 1.29 is 28.6 Å². The highest BCUT2D eigenvalue weighted by Gasteiger charge is 2.27. The number of nitrogens with one attached hydrogen (secondary N) is 1. The third-order valence-corrected chi connectivity index (χ3v) is 5.98. The maximum atomic E-state index is 13.7. The maximum absolute atomic E-state index is 13.7. The number of hydrogen-bond donors (Lipinski definition) is 3. The number of carboxylic acid groups (broad SMARTS) is 1. The van der Waals surface area contributed by atoms with Gasteiger partial charge in [0, 0.05) is 6.54 Å². The number of carbonyl (C=O) groups is 2. The van der Waals surface area contributed by atoms with E-state index in [0.29, 0.717) is 37.8 Å². The smallest absolute Gasteiger partial charge is 0.306 e. The summed E-state index contributed by atoms with van der Waals surface area (Å²) in [5.74, 6) is 1.72. The number of halogens is 3. The highest BCUT2D eigenvalue weighted by atomic mass is 35.5. The molecule has 7 nitrogen and oxygen atoms in total. The summed E-state index contributed by atoms with van der Waals surface area (Å²) in [7, 11) is 0. The van der Waals surface area contributed by atoms with Crippen LogP contribution in [-0.2, 0) is 11.3 Å². The SMILES string of the molecule is CC(C)(O)C#Cc1nc(Cl)n(Cc2ccc(F)c(F)c2)c1C(=O)NC[C@H]1CC[C@H](C(=O)O)CC1. The number of aliphatic carboxylic acids is 1. The van der Waals surface area contributed by atoms with E-state index in [0.717, 1.165) is 12.1 Å². The minimum Gasteiger partial charge on any atom is -0.481 e. The van der Waals surface area contributed by atoms with Gasteiger partial charge in [0.1, 0.15) is 17.0 Å². The van der Waals surface area contributed by atoms with Gasteiger partial charge in [-0.25, -0.2) is 13.8 Å². The number of imidazole rings is 1. The molecule has 0 atom stereocenters. The molecular formula is C24H26ClF2N3O4. The molecule has 3 N–H and O–H groups in total. The van der Waals surface area contributed by atoms with Gasteiger partial charge in [-0.2, -0.15) is 0 Å². The molecule has 1 amide bonds. The molecule has 1 aromatic carbocycles. The molecule has 1 heterocycles. The van der Waals surface area contributed by atoms with E-state index >= 15 is 0 Å². The second-order valence-corrected chi connectivity index (χ2v) is 9.33. The van der Waals surface area contributed by atoms with E-state index in [4.69, 9.17) is 16.7 Å². The Morgan fingerprint density at radius 1 is 1.24 bits per heavy atom. The third kappa shape index (κ3) is 6.55. The van der Waals surface area contributed by atoms with Crippen molar-refractivity contribution in [1.82, 2.24) is 14.9 Å². The normalized spacial score (nSPS) is 18.2. The van der Waals surface area contributed by atoms with Gasteiger partial charge < -0.3 is 20.1 Å². The summed E-state index contributed by atoms with van der Waals surface area (Å²) in [5.41, 5.74) is -0.902. The predicted octanol–water partition coefficient (Wildman–Crippen LogP) is 3.61. The van der Waals surface area contributed by atoms with E-state index in [9.17, 15) is 23.5 Å². The first-order valence-corrected chi connectivity index (χ1v) is 11.3. The van der Waals surface area contributed by atoms with Crippen LogP contribution in [0.2, 0.25) is 5.28 Å². The largest absolute Gasteiger partial charge is 0.481 e. The minimum absolute atomic E-state index is 0.0331. The van der Waals surface area contributed by atoms with Gasteiger partial charge in [-0.15, -0.1) is 0 Å². The van der Waals surface area contributed by atoms with Crippen LogP contribution in [0.5, 0.6) is 0 Å². The first-order chi connectivity index (χ1) is 15.9. The molecule has 0 unspecified atom stereocenters. The summed E-state index contributed by atoms with van der Waals surface area (Å²) in [6.07, 6.45) is 2.46. The topological polar surface area (TPSA) is 104 Å². The molecule has 1 aromatic heterocycles. The number of amides is 1. The Morgan fingerprint density at radius 3 is 2.50 bits per heavy atom. The lowest BCUT2D eigenvalue weighted by atomic mass is 9.82. The number of carboxylic acids is 1. The number of benzene rings is 1. The Labute approximate surface area is 201 Å². The van der Waals surface area contributed by atoms with Gasteiger partial charge in [0.2, 0.25) is 5.28 Å². The Morgan fingerprint density at radius 2 is 1.91 bits per heavy atom. The molecule has 0 spiro atoms. The van der Waals surface area contributed by atoms with Crippen LogP contribution in [-0.4, -0.2) is 43.8 Å². The summed E-state index contributed by atoms with van der Waals surface area (Å²) >= 11 is 6.28. The van der Waals surface area contributed by atoms with Crippen LogP contribution in [0.4, 0.5) is 8.78 Å². The van der Waals surface area contributed by atoms with E-state index in [-0.39, 0.29) is 35.1 Å². The zero-order valence-electron chi connectivity index (χ0n) is 18.9. The molecule has 0 radical (unpaired) electrons. The Balaban J connectivity index is 1.84. The molecule has 34 heavy (non-hydrogen) atoms. The Kier molecular flexibility index (Phi) is 7.95. The second kappa shape index (κ2) is 10.5. The second-order valence-electron chi connectivity index (χ2n) is 8.99. The molecule has 1 saturated carbocycles. The van der Waals surface area contributed by atoms with Crippen LogP contribution < -0.4 is 5.32 Å². The summed E-state index contributed by atoms with van der Waals surface area (Å²) in [4.78, 5) is 28.5. The van der Waals surface area contributed by atoms with Crippen LogP contribution in [0.15, 0.2) is 18.2 Å². The standard InChI is InChI=1S/C24H26ClF2N3O4/c1-24(2,34)10-9-19-20(21(31)28-12-14-3-6-16(7-4-14)22(32)33)30(23(25)29-19)13-15-5-8-17(26)18(27)11-15/h5,8,11,14,16,34H,3-4,6-7,12-13H2,1-2H3,(H,28,31)(H,32,33)/t14-,16-. The van der Waals surface area contributed by atoms with Crippen molar-refractivity contribution >= 4 is 23.5 Å². The van der Waals surface area contributed by atoms with Crippen molar-refractivity contribution in [2.75, 3.05) is 6.54 Å². The highest BCUT2D eigenvalue weighted by molar-refractivity contribution is 6.29. The van der Waals surface area contributed by atoms with E-state index in [2.05, 4.69) is 22.1 Å². The average molecular weight is 494 g/mol. The first-order valence-electron chi connectivity index (χ1n) is 10.9. The molecule has 0 saturated heterocycles. The zero-order valence-corrected chi connectivity index (χ0v) is 19.6. The van der Waals surface area contributed by atoms with Gasteiger partial charge in [0.05, 0.1) is 12.5 Å². The fourth-order valence-electron chi connectivity index (χ4n) is 3.85. The van der Waals surface area contributed by atoms with Gasteiger partial charge in [0.25, 0.3) is 5.91 Å². The number of rotatable bonds is 6. The Bertz CT molecular complexity index is 1140. The van der Waals surface area contributed by atoms with Crippen LogP contribution in [0.25, 0.3) is 0 Å². The van der Waals surface area contributed by atoms with E-state index in [1.807, 2.05) is 0 Å². The van der Waals surface area contributed by atoms with Crippen molar-refractivity contribution in [2.24, 2.45) is 11.8 Å². The number of aliphatic hydroxyl groups is 1. The molecule has 1 fully saturated rings. The van der Waals surface area contributed by atoms with E-state index in [1.165, 1.54) is 24.5 Å². The lowest BCUT2D eigenvalue weighted by molar-refractivity contribution is -0.143. The van der Waals surface area contributed by atoms with Gasteiger partial charge in [-0.1, -0.05) is 12.0 Å². The molecule has 1 aliphatic rings. The summed E-state index contributed by atoms with van der Waals surface area (Å²) in [6.45, 7) is 3.23. The fraction of sp³-hybridized carbons (Fsp3) is 0.458. The number of carbonyl (C=O) groups excluding carboxylic acids is 1. The maximum Gasteiger partial charge on any atom is 0.306 e. The molecule has 3 rings (SSSR count). The van der Waals surface area contributed by atoms with Crippen molar-refractivity contribution in [3.05, 3.63) is 52.1 Å². The molecule has 10 heteroatoms. The molecule has 182 valence electrons. The number of hydrogen-bond acceptors (Lipinski definition) is 4.